The molecule has 3 rings (SSSR count). The van der Waals surface area contributed by atoms with E-state index in [1.54, 1.807) is 12.1 Å². The first-order valence-electron chi connectivity index (χ1n) is 5.80. The molecule has 0 spiro atoms. The molecule has 0 fully saturated rings. The fourth-order valence-electron chi connectivity index (χ4n) is 1.77. The lowest BCUT2D eigenvalue weighted by atomic mass is 10.1. The van der Waals surface area contributed by atoms with Gasteiger partial charge in [0.15, 0.2) is 12.1 Å². The van der Waals surface area contributed by atoms with E-state index in [0.29, 0.717) is 28.5 Å². The van der Waals surface area contributed by atoms with Gasteiger partial charge in [0.1, 0.15) is 12.0 Å². The number of rotatable bonds is 3. The summed E-state index contributed by atoms with van der Waals surface area (Å²) in [6.45, 7) is 0. The number of hydrogen-bond donors (Lipinski definition) is 1. The molecule has 0 saturated carbocycles. The van der Waals surface area contributed by atoms with Crippen LogP contribution in [0.5, 0.6) is 0 Å². The summed E-state index contributed by atoms with van der Waals surface area (Å²) >= 11 is 5.96. The molecule has 1 unspecified atom stereocenters. The van der Waals surface area contributed by atoms with E-state index in [2.05, 4.69) is 20.4 Å². The molecular weight excluding hydrogens is 280 g/mol. The number of benzene rings is 1. The van der Waals surface area contributed by atoms with Crippen molar-refractivity contribution in [3.8, 4) is 11.3 Å². The highest BCUT2D eigenvalue weighted by atomic mass is 35.5. The van der Waals surface area contributed by atoms with Gasteiger partial charge in [0.2, 0.25) is 0 Å². The van der Waals surface area contributed by atoms with Crippen LogP contribution in [-0.2, 0) is 9.63 Å². The van der Waals surface area contributed by atoms with Gasteiger partial charge in [-0.1, -0.05) is 28.9 Å². The Morgan fingerprint density at radius 1 is 1.25 bits per heavy atom. The van der Waals surface area contributed by atoms with E-state index >= 15 is 0 Å². The number of oxime groups is 1. The monoisotopic (exact) mass is 288 g/mol. The minimum absolute atomic E-state index is 0.396. The molecule has 0 bridgehead atoms. The maximum Gasteiger partial charge on any atom is 0.254 e. The van der Waals surface area contributed by atoms with Crippen LogP contribution in [0.25, 0.3) is 11.3 Å². The quantitative estimate of drug-likeness (QED) is 0.868. The topological polar surface area (TPSA) is 76.5 Å². The minimum atomic E-state index is -0.769. The van der Waals surface area contributed by atoms with Gasteiger partial charge >= 0.3 is 0 Å². The summed E-state index contributed by atoms with van der Waals surface area (Å²) in [4.78, 5) is 23.8. The summed E-state index contributed by atoms with van der Waals surface area (Å²) in [6.07, 6.45) is 1.27. The van der Waals surface area contributed by atoms with Crippen molar-refractivity contribution < 1.29 is 9.63 Å². The van der Waals surface area contributed by atoms with Gasteiger partial charge in [-0.3, -0.25) is 4.79 Å². The Morgan fingerprint density at radius 3 is 2.85 bits per heavy atom. The molecule has 1 aromatic carbocycles. The third kappa shape index (κ3) is 2.46. The highest BCUT2D eigenvalue weighted by Gasteiger charge is 2.21. The number of aldehydes is 1. The second kappa shape index (κ2) is 5.26. The van der Waals surface area contributed by atoms with Gasteiger partial charge in [0, 0.05) is 10.6 Å². The average Bonchev–Trinajstić information content (AvgIpc) is 2.96. The first kappa shape index (κ1) is 12.6. The van der Waals surface area contributed by atoms with E-state index in [9.17, 15) is 4.79 Å². The van der Waals surface area contributed by atoms with Crippen molar-refractivity contribution in [2.45, 2.75) is 6.23 Å². The first-order valence-corrected chi connectivity index (χ1v) is 6.18. The summed E-state index contributed by atoms with van der Waals surface area (Å²) in [7, 11) is 0. The standard InChI is InChI=1S/C13H9ClN4O2/c14-9-3-1-2-8(4-9)10-5-11(16-7-15-10)13-17-12(6-19)20-18-13/h1-7,12H,(H,17,18). The van der Waals surface area contributed by atoms with Crippen LogP contribution in [0, 0.1) is 0 Å². The Bertz CT molecular complexity index is 690. The Kier molecular flexibility index (Phi) is 3.30. The molecule has 0 aliphatic carbocycles. The zero-order chi connectivity index (χ0) is 13.9. The fourth-order valence-corrected chi connectivity index (χ4v) is 1.96. The predicted octanol–water partition coefficient (Wildman–Crippen LogP) is 1.60. The SMILES string of the molecule is O=CC1NC(c2cc(-c3cccc(Cl)c3)ncn2)=NO1. The molecule has 100 valence electrons. The van der Waals surface area contributed by atoms with Gasteiger partial charge in [0.25, 0.3) is 6.23 Å². The van der Waals surface area contributed by atoms with Gasteiger partial charge in [-0.05, 0) is 18.2 Å². The van der Waals surface area contributed by atoms with Crippen molar-refractivity contribution in [2.75, 3.05) is 0 Å². The number of aromatic nitrogens is 2. The lowest BCUT2D eigenvalue weighted by Gasteiger charge is -2.04. The van der Waals surface area contributed by atoms with Gasteiger partial charge < -0.3 is 10.2 Å². The van der Waals surface area contributed by atoms with Crippen LogP contribution < -0.4 is 5.32 Å². The van der Waals surface area contributed by atoms with E-state index < -0.39 is 6.23 Å². The van der Waals surface area contributed by atoms with E-state index in [0.717, 1.165) is 5.56 Å². The van der Waals surface area contributed by atoms with Crippen molar-refractivity contribution in [2.24, 2.45) is 5.16 Å². The smallest absolute Gasteiger partial charge is 0.254 e. The van der Waals surface area contributed by atoms with Crippen LogP contribution in [0.2, 0.25) is 5.02 Å². The predicted molar refractivity (Wildman–Crippen MR) is 73.1 cm³/mol. The summed E-state index contributed by atoms with van der Waals surface area (Å²) in [6, 6.07) is 9.08. The molecule has 0 radical (unpaired) electrons. The Morgan fingerprint density at radius 2 is 2.10 bits per heavy atom. The van der Waals surface area contributed by atoms with Crippen molar-refractivity contribution in [1.82, 2.24) is 15.3 Å². The van der Waals surface area contributed by atoms with Gasteiger partial charge in [-0.25, -0.2) is 9.97 Å². The largest absolute Gasteiger partial charge is 0.361 e. The number of amidine groups is 1. The van der Waals surface area contributed by atoms with E-state index in [1.807, 2.05) is 18.2 Å². The van der Waals surface area contributed by atoms with Crippen molar-refractivity contribution in [1.29, 1.82) is 0 Å². The lowest BCUT2D eigenvalue weighted by Crippen LogP contribution is -2.31. The van der Waals surface area contributed by atoms with Crippen LogP contribution in [0.1, 0.15) is 5.69 Å². The number of carbonyl (C=O) groups excluding carboxylic acids is 1. The zero-order valence-corrected chi connectivity index (χ0v) is 10.9. The highest BCUT2D eigenvalue weighted by Crippen LogP contribution is 2.21. The minimum Gasteiger partial charge on any atom is -0.361 e. The molecular formula is C13H9ClN4O2. The fraction of sp³-hybridized carbons (Fsp3) is 0.0769. The maximum atomic E-state index is 10.6. The molecule has 1 N–H and O–H groups in total. The third-order valence-electron chi connectivity index (χ3n) is 2.69. The molecule has 1 aromatic heterocycles. The number of hydrogen-bond acceptors (Lipinski definition) is 6. The molecule has 0 saturated heterocycles. The molecule has 20 heavy (non-hydrogen) atoms. The number of carbonyl (C=O) groups is 1. The molecule has 2 heterocycles. The van der Waals surface area contributed by atoms with Gasteiger partial charge in [0.05, 0.1) is 5.69 Å². The van der Waals surface area contributed by atoms with Gasteiger partial charge in [-0.2, -0.15) is 0 Å². The second-order valence-electron chi connectivity index (χ2n) is 4.05. The Hall–Kier alpha value is -2.47. The van der Waals surface area contributed by atoms with Crippen molar-refractivity contribution in [3.05, 3.63) is 47.4 Å². The maximum absolute atomic E-state index is 10.6. The molecule has 7 heteroatoms. The van der Waals surface area contributed by atoms with Crippen LogP contribution in [0.15, 0.2) is 41.8 Å². The number of nitrogens with one attached hydrogen (secondary N) is 1. The molecule has 2 aromatic rings. The van der Waals surface area contributed by atoms with Crippen LogP contribution in [0.4, 0.5) is 0 Å². The first-order chi connectivity index (χ1) is 9.76. The summed E-state index contributed by atoms with van der Waals surface area (Å²) < 4.78 is 0. The summed E-state index contributed by atoms with van der Waals surface area (Å²) in [5.74, 6) is 0.396. The highest BCUT2D eigenvalue weighted by molar-refractivity contribution is 6.30. The molecule has 6 nitrogen and oxygen atoms in total. The normalized spacial score (nSPS) is 17.1. The van der Waals surface area contributed by atoms with E-state index in [1.165, 1.54) is 6.33 Å². The summed E-state index contributed by atoms with van der Waals surface area (Å²) in [5, 5.41) is 7.19. The molecule has 1 aliphatic heterocycles. The van der Waals surface area contributed by atoms with Gasteiger partial charge in [-0.15, -0.1) is 0 Å². The second-order valence-corrected chi connectivity index (χ2v) is 4.48. The number of nitrogens with zero attached hydrogens (tertiary/aromatic N) is 3. The zero-order valence-electron chi connectivity index (χ0n) is 10.2. The van der Waals surface area contributed by atoms with Crippen LogP contribution in [-0.4, -0.2) is 28.3 Å². The van der Waals surface area contributed by atoms with E-state index in [4.69, 9.17) is 16.4 Å². The Balaban J connectivity index is 1.93. The Labute approximate surface area is 119 Å². The molecule has 1 aliphatic rings. The van der Waals surface area contributed by atoms with Crippen LogP contribution in [0.3, 0.4) is 0 Å². The molecule has 1 atom stereocenters. The average molecular weight is 289 g/mol. The van der Waals surface area contributed by atoms with Crippen molar-refractivity contribution >= 4 is 23.7 Å². The van der Waals surface area contributed by atoms with Crippen molar-refractivity contribution in [3.63, 3.8) is 0 Å². The summed E-state index contributed by atoms with van der Waals surface area (Å²) in [5.41, 5.74) is 2.11. The van der Waals surface area contributed by atoms with E-state index in [-0.39, 0.29) is 0 Å². The molecule has 0 amide bonds. The lowest BCUT2D eigenvalue weighted by molar-refractivity contribution is -0.117. The van der Waals surface area contributed by atoms with Crippen LogP contribution >= 0.6 is 11.6 Å². The number of halogens is 1. The third-order valence-corrected chi connectivity index (χ3v) is 2.93.